The minimum atomic E-state index is -3.68. The Labute approximate surface area is 161 Å². The second-order valence-corrected chi connectivity index (χ2v) is 7.77. The number of aromatic hydroxyl groups is 1. The molecule has 0 saturated carbocycles. The lowest BCUT2D eigenvalue weighted by molar-refractivity contribution is -0.119. The number of rotatable bonds is 6. The predicted octanol–water partition coefficient (Wildman–Crippen LogP) is 2.06. The highest BCUT2D eigenvalue weighted by atomic mass is 35.5. The lowest BCUT2D eigenvalue weighted by Crippen LogP contribution is -2.22. The molecule has 0 radical (unpaired) electrons. The van der Waals surface area contributed by atoms with Crippen LogP contribution in [0.4, 0.5) is 5.69 Å². The number of phenols is 1. The maximum Gasteiger partial charge on any atom is 0.342 e. The number of aryl methyl sites for hydroxylation is 1. The van der Waals surface area contributed by atoms with Crippen molar-refractivity contribution in [3.8, 4) is 5.75 Å². The van der Waals surface area contributed by atoms with Crippen LogP contribution in [-0.4, -0.2) is 39.1 Å². The first kappa shape index (κ1) is 20.7. The van der Waals surface area contributed by atoms with Crippen molar-refractivity contribution < 1.29 is 27.9 Å². The van der Waals surface area contributed by atoms with E-state index in [-0.39, 0.29) is 26.9 Å². The molecule has 27 heavy (non-hydrogen) atoms. The van der Waals surface area contributed by atoms with Crippen molar-refractivity contribution in [1.82, 2.24) is 4.72 Å². The average molecular weight is 413 g/mol. The van der Waals surface area contributed by atoms with Gasteiger partial charge in [0.05, 0.1) is 4.90 Å². The van der Waals surface area contributed by atoms with Crippen LogP contribution in [0.5, 0.6) is 5.75 Å². The van der Waals surface area contributed by atoms with Gasteiger partial charge in [0, 0.05) is 10.7 Å². The van der Waals surface area contributed by atoms with Crippen LogP contribution in [0, 0.1) is 6.92 Å². The number of carbonyl (C=O) groups is 2. The number of sulfonamides is 1. The smallest absolute Gasteiger partial charge is 0.342 e. The Morgan fingerprint density at radius 1 is 1.19 bits per heavy atom. The molecule has 8 nitrogen and oxygen atoms in total. The summed E-state index contributed by atoms with van der Waals surface area (Å²) in [5, 5.41) is 12.3. The summed E-state index contributed by atoms with van der Waals surface area (Å²) in [7, 11) is -2.40. The Balaban J connectivity index is 2.05. The van der Waals surface area contributed by atoms with Gasteiger partial charge >= 0.3 is 5.97 Å². The largest absolute Gasteiger partial charge is 0.507 e. The zero-order valence-electron chi connectivity index (χ0n) is 14.4. The fourth-order valence-corrected chi connectivity index (χ4v) is 3.32. The number of amides is 1. The number of benzene rings is 2. The van der Waals surface area contributed by atoms with Gasteiger partial charge in [-0.1, -0.05) is 17.7 Å². The first-order valence-corrected chi connectivity index (χ1v) is 9.50. The van der Waals surface area contributed by atoms with E-state index in [0.29, 0.717) is 5.56 Å². The first-order chi connectivity index (χ1) is 12.6. The maximum absolute atomic E-state index is 12.0. The number of ether oxygens (including phenoxy) is 1. The first-order valence-electron chi connectivity index (χ1n) is 7.63. The number of hydrogen-bond donors (Lipinski definition) is 3. The van der Waals surface area contributed by atoms with Gasteiger partial charge in [0.25, 0.3) is 5.91 Å². The van der Waals surface area contributed by atoms with Crippen LogP contribution in [-0.2, 0) is 19.6 Å². The molecule has 0 fully saturated rings. The van der Waals surface area contributed by atoms with Crippen molar-refractivity contribution >= 4 is 39.2 Å². The number of carbonyl (C=O) groups excluding carboxylic acids is 2. The van der Waals surface area contributed by atoms with Gasteiger partial charge in [-0.25, -0.2) is 17.9 Å². The summed E-state index contributed by atoms with van der Waals surface area (Å²) in [6.45, 7) is 0.988. The van der Waals surface area contributed by atoms with Crippen molar-refractivity contribution in [2.24, 2.45) is 0 Å². The summed E-state index contributed by atoms with van der Waals surface area (Å²) in [6, 6.07) is 8.20. The van der Waals surface area contributed by atoms with Gasteiger partial charge in [-0.05, 0) is 49.9 Å². The summed E-state index contributed by atoms with van der Waals surface area (Å²) < 4.78 is 31.0. The quantitative estimate of drug-likeness (QED) is 0.624. The SMILES string of the molecule is CNS(=O)(=O)c1cc(NC(=O)COC(=O)c2cc(Cl)ccc2O)ccc1C. The number of anilines is 1. The molecular formula is C17H17ClN2O6S. The molecule has 0 unspecified atom stereocenters. The number of esters is 1. The molecule has 0 heterocycles. The Morgan fingerprint density at radius 2 is 1.89 bits per heavy atom. The van der Waals surface area contributed by atoms with Crippen molar-refractivity contribution in [3.05, 3.63) is 52.5 Å². The topological polar surface area (TPSA) is 122 Å². The van der Waals surface area contributed by atoms with Crippen molar-refractivity contribution in [2.45, 2.75) is 11.8 Å². The minimum Gasteiger partial charge on any atom is -0.507 e. The molecule has 2 aromatic carbocycles. The van der Waals surface area contributed by atoms with Crippen molar-refractivity contribution in [2.75, 3.05) is 19.0 Å². The molecule has 0 spiro atoms. The van der Waals surface area contributed by atoms with Gasteiger partial charge in [0.1, 0.15) is 11.3 Å². The number of phenolic OH excluding ortho intramolecular Hbond substituents is 1. The standard InChI is InChI=1S/C17H17ClN2O6S/c1-10-3-5-12(8-15(10)27(24,25)19-2)20-16(22)9-26-17(23)13-7-11(18)4-6-14(13)21/h3-8,19,21H,9H2,1-2H3,(H,20,22). The Hall–Kier alpha value is -2.62. The zero-order valence-corrected chi connectivity index (χ0v) is 16.0. The third-order valence-electron chi connectivity index (χ3n) is 3.54. The summed E-state index contributed by atoms with van der Waals surface area (Å²) in [5.74, 6) is -1.93. The van der Waals surface area contributed by atoms with E-state index < -0.39 is 28.5 Å². The van der Waals surface area contributed by atoms with E-state index in [1.165, 1.54) is 43.4 Å². The van der Waals surface area contributed by atoms with Crippen molar-refractivity contribution in [3.63, 3.8) is 0 Å². The Bertz CT molecular complexity index is 991. The maximum atomic E-state index is 12.0. The number of hydrogen-bond acceptors (Lipinski definition) is 6. The van der Waals surface area contributed by atoms with E-state index in [0.717, 1.165) is 0 Å². The number of nitrogens with one attached hydrogen (secondary N) is 2. The summed E-state index contributed by atoms with van der Waals surface area (Å²) >= 11 is 5.75. The van der Waals surface area contributed by atoms with Gasteiger partial charge in [-0.15, -0.1) is 0 Å². The molecule has 2 aromatic rings. The monoisotopic (exact) mass is 412 g/mol. The molecule has 3 N–H and O–H groups in total. The predicted molar refractivity (Wildman–Crippen MR) is 99.5 cm³/mol. The third-order valence-corrected chi connectivity index (χ3v) is 5.33. The van der Waals surface area contributed by atoms with E-state index in [9.17, 15) is 23.1 Å². The highest BCUT2D eigenvalue weighted by molar-refractivity contribution is 7.89. The minimum absolute atomic E-state index is 0.0173. The summed E-state index contributed by atoms with van der Waals surface area (Å²) in [5.41, 5.74) is 0.555. The molecule has 0 aliphatic heterocycles. The molecular weight excluding hydrogens is 396 g/mol. The van der Waals surface area contributed by atoms with E-state index in [1.807, 2.05) is 0 Å². The van der Waals surface area contributed by atoms with Gasteiger partial charge in [-0.3, -0.25) is 4.79 Å². The highest BCUT2D eigenvalue weighted by Gasteiger charge is 2.17. The lowest BCUT2D eigenvalue weighted by atomic mass is 10.2. The van der Waals surface area contributed by atoms with E-state index in [1.54, 1.807) is 6.92 Å². The van der Waals surface area contributed by atoms with E-state index in [2.05, 4.69) is 10.0 Å². The lowest BCUT2D eigenvalue weighted by Gasteiger charge is -2.11. The molecule has 1 amide bonds. The molecule has 0 saturated heterocycles. The highest BCUT2D eigenvalue weighted by Crippen LogP contribution is 2.22. The molecule has 2 rings (SSSR count). The molecule has 0 atom stereocenters. The van der Waals surface area contributed by atoms with Crippen LogP contribution in [0.25, 0.3) is 0 Å². The second kappa shape index (κ2) is 8.38. The van der Waals surface area contributed by atoms with E-state index >= 15 is 0 Å². The average Bonchev–Trinajstić information content (AvgIpc) is 2.63. The molecule has 0 aliphatic rings. The second-order valence-electron chi connectivity index (χ2n) is 5.47. The van der Waals surface area contributed by atoms with Crippen LogP contribution in [0.3, 0.4) is 0 Å². The van der Waals surface area contributed by atoms with Gasteiger partial charge in [0.15, 0.2) is 6.61 Å². The fraction of sp³-hybridized carbons (Fsp3) is 0.176. The molecule has 144 valence electrons. The molecule has 0 aromatic heterocycles. The van der Waals surface area contributed by atoms with Gasteiger partial charge < -0.3 is 15.2 Å². The van der Waals surface area contributed by atoms with Gasteiger partial charge in [-0.2, -0.15) is 0 Å². The summed E-state index contributed by atoms with van der Waals surface area (Å²) in [4.78, 5) is 23.9. The van der Waals surface area contributed by atoms with Crippen LogP contribution in [0.15, 0.2) is 41.3 Å². The van der Waals surface area contributed by atoms with Crippen LogP contribution in [0.1, 0.15) is 15.9 Å². The Kier molecular flexibility index (Phi) is 6.42. The summed E-state index contributed by atoms with van der Waals surface area (Å²) in [6.07, 6.45) is 0. The van der Waals surface area contributed by atoms with Crippen LogP contribution >= 0.6 is 11.6 Å². The fourth-order valence-electron chi connectivity index (χ4n) is 2.15. The van der Waals surface area contributed by atoms with Gasteiger partial charge in [0.2, 0.25) is 10.0 Å². The number of halogens is 1. The Morgan fingerprint density at radius 3 is 2.56 bits per heavy atom. The van der Waals surface area contributed by atoms with Crippen molar-refractivity contribution in [1.29, 1.82) is 0 Å². The van der Waals surface area contributed by atoms with Crippen LogP contribution < -0.4 is 10.0 Å². The van der Waals surface area contributed by atoms with Crippen LogP contribution in [0.2, 0.25) is 5.02 Å². The molecule has 0 aliphatic carbocycles. The normalized spacial score (nSPS) is 11.1. The van der Waals surface area contributed by atoms with E-state index in [4.69, 9.17) is 16.3 Å². The molecule has 10 heteroatoms. The third kappa shape index (κ3) is 5.19. The molecule has 0 bridgehead atoms. The zero-order chi connectivity index (χ0) is 20.2.